The van der Waals surface area contributed by atoms with Gasteiger partial charge in [0.05, 0.1) is 0 Å². The summed E-state index contributed by atoms with van der Waals surface area (Å²) in [6.45, 7) is 4.03. The molecule has 4 aromatic carbocycles. The van der Waals surface area contributed by atoms with E-state index in [1.807, 2.05) is 66.7 Å². The summed E-state index contributed by atoms with van der Waals surface area (Å²) < 4.78 is 12.2. The van der Waals surface area contributed by atoms with Gasteiger partial charge >= 0.3 is 11.5 Å². The molecule has 0 bridgehead atoms. The van der Waals surface area contributed by atoms with Crippen molar-refractivity contribution < 1.29 is 19.1 Å². The zero-order valence-electron chi connectivity index (χ0n) is 23.6. The molecule has 0 radical (unpaired) electrons. The average Bonchev–Trinajstić information content (AvgIpc) is 3.04. The first-order valence-corrected chi connectivity index (χ1v) is 15.9. The standard InChI is InChI=1S/C17H16BrNO2.C9H10BrN.C8H7ClO2/c18-16-7-6-14-8-9-19(11-15(14)10-16)17(20)21-12-13-4-2-1-3-5-13;10-9-2-1-7-3-4-11-6-8(7)5-9;9-8(10)11-6-7-4-2-1-3-5-7/h1-7,10H,8-9,11-12H2;1-2,5,11H,3-4,6H2;1-5H,6H2. The number of hydrogen-bond donors (Lipinski definition) is 1. The molecule has 0 saturated heterocycles. The third kappa shape index (κ3) is 11.1. The summed E-state index contributed by atoms with van der Waals surface area (Å²) in [6, 6.07) is 31.9. The summed E-state index contributed by atoms with van der Waals surface area (Å²) >= 11 is 11.9. The summed E-state index contributed by atoms with van der Waals surface area (Å²) in [5, 5.41) is 3.35. The lowest BCUT2D eigenvalue weighted by atomic mass is 10.0. The smallest absolute Gasteiger partial charge is 0.410 e. The highest BCUT2D eigenvalue weighted by atomic mass is 79.9. The van der Waals surface area contributed by atoms with Crippen LogP contribution in [-0.2, 0) is 48.6 Å². The monoisotopic (exact) mass is 726 g/mol. The third-order valence-electron chi connectivity index (χ3n) is 6.89. The number of rotatable bonds is 4. The number of ether oxygens (including phenoxy) is 2. The number of halogens is 3. The van der Waals surface area contributed by atoms with Crippen LogP contribution in [0.5, 0.6) is 0 Å². The molecule has 0 unspecified atom stereocenters. The number of nitrogens with one attached hydrogen (secondary N) is 1. The molecule has 0 atom stereocenters. The Kier molecular flexibility index (Phi) is 13.1. The van der Waals surface area contributed by atoms with Crippen molar-refractivity contribution in [3.8, 4) is 0 Å². The van der Waals surface area contributed by atoms with Crippen molar-refractivity contribution in [3.63, 3.8) is 0 Å². The lowest BCUT2D eigenvalue weighted by Crippen LogP contribution is -2.36. The van der Waals surface area contributed by atoms with Gasteiger partial charge in [-0.05, 0) is 77.0 Å². The van der Waals surface area contributed by atoms with Crippen molar-refractivity contribution in [2.24, 2.45) is 0 Å². The number of carbonyl (C=O) groups excluding carboxylic acids is 2. The quantitative estimate of drug-likeness (QED) is 0.213. The molecular weight excluding hydrogens is 696 g/mol. The number of carbonyl (C=O) groups is 2. The SMILES string of the molecule is Brc1ccc2c(c1)CNCC2.O=C(Cl)OCc1ccccc1.O=C(OCc1ccccc1)N1CCc2ccc(Br)cc2C1. The van der Waals surface area contributed by atoms with Gasteiger partial charge in [-0.3, -0.25) is 0 Å². The lowest BCUT2D eigenvalue weighted by Gasteiger charge is -2.28. The van der Waals surface area contributed by atoms with E-state index in [0.29, 0.717) is 19.7 Å². The lowest BCUT2D eigenvalue weighted by molar-refractivity contribution is 0.0918. The minimum atomic E-state index is -0.770. The summed E-state index contributed by atoms with van der Waals surface area (Å²) in [7, 11) is 0. The Labute approximate surface area is 274 Å². The van der Waals surface area contributed by atoms with Gasteiger partial charge in [-0.25, -0.2) is 9.59 Å². The highest BCUT2D eigenvalue weighted by Gasteiger charge is 2.21. The first kappa shape index (κ1) is 32.7. The Balaban J connectivity index is 0.000000162. The molecule has 1 amide bonds. The predicted octanol–water partition coefficient (Wildman–Crippen LogP) is 8.80. The van der Waals surface area contributed by atoms with Crippen LogP contribution in [0.15, 0.2) is 106 Å². The second-order valence-corrected chi connectivity index (χ2v) is 12.1. The maximum Gasteiger partial charge on any atom is 0.410 e. The fraction of sp³-hybridized carbons (Fsp3) is 0.235. The number of benzene rings is 4. The van der Waals surface area contributed by atoms with Crippen molar-refractivity contribution in [2.45, 2.75) is 39.1 Å². The molecule has 224 valence electrons. The summed E-state index contributed by atoms with van der Waals surface area (Å²) in [5.74, 6) is 0. The van der Waals surface area contributed by atoms with E-state index in [-0.39, 0.29) is 12.7 Å². The maximum atomic E-state index is 12.2. The van der Waals surface area contributed by atoms with Crippen molar-refractivity contribution in [2.75, 3.05) is 13.1 Å². The Morgan fingerprint density at radius 1 is 0.721 bits per heavy atom. The van der Waals surface area contributed by atoms with Crippen molar-refractivity contribution >= 4 is 55.0 Å². The molecule has 0 saturated carbocycles. The van der Waals surface area contributed by atoms with Crippen LogP contribution in [0.1, 0.15) is 33.4 Å². The van der Waals surface area contributed by atoms with Crippen LogP contribution in [0.2, 0.25) is 0 Å². The minimum Gasteiger partial charge on any atom is -0.449 e. The van der Waals surface area contributed by atoms with Gasteiger partial charge < -0.3 is 19.7 Å². The molecule has 1 N–H and O–H groups in total. The van der Waals surface area contributed by atoms with E-state index in [1.165, 1.54) is 33.1 Å². The molecule has 6 nitrogen and oxygen atoms in total. The van der Waals surface area contributed by atoms with E-state index < -0.39 is 5.43 Å². The number of nitrogens with zero attached hydrogens (tertiary/aromatic N) is 1. The predicted molar refractivity (Wildman–Crippen MR) is 177 cm³/mol. The highest BCUT2D eigenvalue weighted by Crippen LogP contribution is 2.23. The van der Waals surface area contributed by atoms with Gasteiger partial charge in [-0.15, -0.1) is 0 Å². The van der Waals surface area contributed by atoms with Crippen molar-refractivity contribution in [1.82, 2.24) is 10.2 Å². The molecule has 0 aromatic heterocycles. The highest BCUT2D eigenvalue weighted by molar-refractivity contribution is 9.10. The normalized spacial score (nSPS) is 13.1. The summed E-state index contributed by atoms with van der Waals surface area (Å²) in [6.07, 6.45) is 1.80. The zero-order valence-corrected chi connectivity index (χ0v) is 27.5. The number of fused-ring (bicyclic) bond motifs is 2. The molecule has 0 fully saturated rings. The van der Waals surface area contributed by atoms with E-state index in [4.69, 9.17) is 16.3 Å². The second kappa shape index (κ2) is 17.2. The topological polar surface area (TPSA) is 67.9 Å². The molecule has 0 aliphatic carbocycles. The van der Waals surface area contributed by atoms with Crippen LogP contribution >= 0.6 is 43.5 Å². The van der Waals surface area contributed by atoms with Crippen LogP contribution in [0.3, 0.4) is 0 Å². The molecular formula is C34H33Br2ClN2O4. The van der Waals surface area contributed by atoms with Crippen molar-refractivity contribution in [3.05, 3.63) is 139 Å². The molecule has 2 heterocycles. The van der Waals surface area contributed by atoms with Gasteiger partial charge in [-0.1, -0.05) is 105 Å². The zero-order chi connectivity index (χ0) is 30.4. The van der Waals surface area contributed by atoms with Crippen LogP contribution in [0, 0.1) is 0 Å². The minimum absolute atomic E-state index is 0.239. The van der Waals surface area contributed by atoms with Crippen LogP contribution in [0.25, 0.3) is 0 Å². The maximum absolute atomic E-state index is 12.2. The summed E-state index contributed by atoms with van der Waals surface area (Å²) in [4.78, 5) is 24.1. The van der Waals surface area contributed by atoms with Crippen LogP contribution < -0.4 is 5.32 Å². The third-order valence-corrected chi connectivity index (χ3v) is 7.99. The van der Waals surface area contributed by atoms with Gasteiger partial charge in [-0.2, -0.15) is 0 Å². The van der Waals surface area contributed by atoms with E-state index in [9.17, 15) is 9.59 Å². The Morgan fingerprint density at radius 2 is 1.28 bits per heavy atom. The molecule has 0 spiro atoms. The average molecular weight is 729 g/mol. The van der Waals surface area contributed by atoms with Gasteiger partial charge in [0.1, 0.15) is 13.2 Å². The molecule has 2 aliphatic rings. The molecule has 6 rings (SSSR count). The van der Waals surface area contributed by atoms with E-state index in [2.05, 4.69) is 72.2 Å². The van der Waals surface area contributed by atoms with E-state index >= 15 is 0 Å². The van der Waals surface area contributed by atoms with Gasteiger partial charge in [0, 0.05) is 40.2 Å². The molecule has 43 heavy (non-hydrogen) atoms. The number of amides is 1. The number of hydrogen-bond acceptors (Lipinski definition) is 5. The van der Waals surface area contributed by atoms with Gasteiger partial charge in [0.15, 0.2) is 0 Å². The second-order valence-electron chi connectivity index (χ2n) is 9.98. The Hall–Kier alpha value is -3.17. The first-order valence-electron chi connectivity index (χ1n) is 13.9. The van der Waals surface area contributed by atoms with Crippen LogP contribution in [0.4, 0.5) is 9.59 Å². The molecule has 4 aromatic rings. The largest absolute Gasteiger partial charge is 0.449 e. The first-order chi connectivity index (χ1) is 20.9. The van der Waals surface area contributed by atoms with Crippen molar-refractivity contribution in [1.29, 1.82) is 0 Å². The van der Waals surface area contributed by atoms with Gasteiger partial charge in [0.25, 0.3) is 0 Å². The fourth-order valence-electron chi connectivity index (χ4n) is 4.66. The molecule has 9 heteroatoms. The summed E-state index contributed by atoms with van der Waals surface area (Å²) in [5.41, 5.74) is 6.59. The fourth-order valence-corrected chi connectivity index (χ4v) is 5.53. The Bertz CT molecular complexity index is 1490. The van der Waals surface area contributed by atoms with Crippen LogP contribution in [-0.4, -0.2) is 29.5 Å². The van der Waals surface area contributed by atoms with E-state index in [0.717, 1.165) is 35.1 Å². The molecule has 2 aliphatic heterocycles. The van der Waals surface area contributed by atoms with Gasteiger partial charge in [0.2, 0.25) is 0 Å². The van der Waals surface area contributed by atoms with E-state index in [1.54, 1.807) is 4.90 Å². The Morgan fingerprint density at radius 3 is 1.88 bits per heavy atom.